The van der Waals surface area contributed by atoms with Crippen molar-refractivity contribution < 1.29 is 22.7 Å². The van der Waals surface area contributed by atoms with Gasteiger partial charge in [-0.1, -0.05) is 30.3 Å². The van der Waals surface area contributed by atoms with E-state index in [2.05, 4.69) is 10.6 Å². The Morgan fingerprint density at radius 1 is 1.27 bits per heavy atom. The van der Waals surface area contributed by atoms with Gasteiger partial charge in [0.25, 0.3) is 0 Å². The molecular weight excluding hydrogens is 297 g/mol. The zero-order valence-electron chi connectivity index (χ0n) is 12.0. The Morgan fingerprint density at radius 2 is 1.91 bits per heavy atom. The van der Waals surface area contributed by atoms with Crippen molar-refractivity contribution in [3.63, 3.8) is 0 Å². The van der Waals surface area contributed by atoms with E-state index in [9.17, 15) is 18.0 Å². The number of carbonyl (C=O) groups excluding carboxylic acids is 1. The molecule has 2 rings (SSSR count). The summed E-state index contributed by atoms with van der Waals surface area (Å²) in [7, 11) is 0. The van der Waals surface area contributed by atoms with E-state index < -0.39 is 24.8 Å². The quantitative estimate of drug-likeness (QED) is 0.875. The van der Waals surface area contributed by atoms with Gasteiger partial charge in [-0.15, -0.1) is 0 Å². The van der Waals surface area contributed by atoms with Gasteiger partial charge >= 0.3 is 6.18 Å². The summed E-state index contributed by atoms with van der Waals surface area (Å²) in [5, 5.41) is 5.85. The molecule has 1 amide bonds. The molecule has 2 N–H and O–H groups in total. The molecule has 1 fully saturated rings. The van der Waals surface area contributed by atoms with Crippen LogP contribution in [0.4, 0.5) is 13.2 Å². The van der Waals surface area contributed by atoms with Gasteiger partial charge in [0.05, 0.1) is 0 Å². The predicted octanol–water partition coefficient (Wildman–Crippen LogP) is 2.17. The largest absolute Gasteiger partial charge is 0.418 e. The number of benzene rings is 1. The van der Waals surface area contributed by atoms with Crippen LogP contribution in [0, 0.1) is 0 Å². The Kier molecular flexibility index (Phi) is 5.79. The fraction of sp³-hybridized carbons (Fsp3) is 0.533. The summed E-state index contributed by atoms with van der Waals surface area (Å²) in [6.45, 7) is 0.977. The standard InChI is InChI=1S/C15H19F3N2O2/c16-15(17,18)14(11-4-2-1-3-5-11)22-10-13(21)20-12-6-8-19-9-7-12/h1-5,12,14,19H,6-10H2,(H,20,21). The highest BCUT2D eigenvalue weighted by Gasteiger charge is 2.42. The first-order valence-corrected chi connectivity index (χ1v) is 7.20. The molecule has 0 radical (unpaired) electrons. The minimum Gasteiger partial charge on any atom is -0.354 e. The number of hydrogen-bond acceptors (Lipinski definition) is 3. The maximum absolute atomic E-state index is 13.0. The third kappa shape index (κ3) is 4.99. The highest BCUT2D eigenvalue weighted by atomic mass is 19.4. The summed E-state index contributed by atoms with van der Waals surface area (Å²) in [4.78, 5) is 11.8. The number of ether oxygens (including phenoxy) is 1. The van der Waals surface area contributed by atoms with E-state index in [1.165, 1.54) is 24.3 Å². The van der Waals surface area contributed by atoms with E-state index >= 15 is 0 Å². The van der Waals surface area contributed by atoms with E-state index in [1.54, 1.807) is 6.07 Å². The van der Waals surface area contributed by atoms with Gasteiger partial charge in [0.2, 0.25) is 5.91 Å². The fourth-order valence-corrected chi connectivity index (χ4v) is 2.40. The number of nitrogens with one attached hydrogen (secondary N) is 2. The molecule has 1 aromatic carbocycles. The van der Waals surface area contributed by atoms with Crippen molar-refractivity contribution in [3.8, 4) is 0 Å². The van der Waals surface area contributed by atoms with Gasteiger partial charge in [-0.05, 0) is 31.5 Å². The molecule has 0 saturated carbocycles. The SMILES string of the molecule is O=C(COC(c1ccccc1)C(F)(F)F)NC1CCNCC1. The third-order valence-corrected chi connectivity index (χ3v) is 3.48. The van der Waals surface area contributed by atoms with Crippen LogP contribution in [0.1, 0.15) is 24.5 Å². The van der Waals surface area contributed by atoms with Crippen LogP contribution < -0.4 is 10.6 Å². The average molecular weight is 316 g/mol. The van der Waals surface area contributed by atoms with E-state index in [1.807, 2.05) is 0 Å². The molecule has 0 aliphatic carbocycles. The number of halogens is 3. The maximum atomic E-state index is 13.0. The molecule has 22 heavy (non-hydrogen) atoms. The van der Waals surface area contributed by atoms with Crippen LogP contribution in [0.15, 0.2) is 30.3 Å². The molecule has 4 nitrogen and oxygen atoms in total. The lowest BCUT2D eigenvalue weighted by Gasteiger charge is -2.25. The minimum absolute atomic E-state index is 0.00147. The predicted molar refractivity (Wildman–Crippen MR) is 75.2 cm³/mol. The van der Waals surface area contributed by atoms with Gasteiger partial charge in [-0.25, -0.2) is 0 Å². The van der Waals surface area contributed by atoms with Crippen LogP contribution in [-0.4, -0.2) is 37.8 Å². The summed E-state index contributed by atoms with van der Waals surface area (Å²) in [5.41, 5.74) is -0.00957. The molecule has 1 heterocycles. The van der Waals surface area contributed by atoms with Gasteiger partial charge in [-0.2, -0.15) is 13.2 Å². The zero-order valence-corrected chi connectivity index (χ0v) is 12.0. The van der Waals surface area contributed by atoms with Crippen molar-refractivity contribution in [2.24, 2.45) is 0 Å². The van der Waals surface area contributed by atoms with Gasteiger partial charge in [0, 0.05) is 6.04 Å². The zero-order chi connectivity index (χ0) is 16.0. The molecule has 0 spiro atoms. The highest BCUT2D eigenvalue weighted by Crippen LogP contribution is 2.35. The average Bonchev–Trinajstić information content (AvgIpc) is 2.48. The smallest absolute Gasteiger partial charge is 0.354 e. The first-order chi connectivity index (χ1) is 10.5. The number of rotatable bonds is 5. The van der Waals surface area contributed by atoms with Gasteiger partial charge in [0.15, 0.2) is 6.10 Å². The summed E-state index contributed by atoms with van der Waals surface area (Å²) in [5.74, 6) is -0.517. The van der Waals surface area contributed by atoms with Crippen molar-refractivity contribution in [1.29, 1.82) is 0 Å². The third-order valence-electron chi connectivity index (χ3n) is 3.48. The normalized spacial score (nSPS) is 18.0. The Hall–Kier alpha value is -1.60. The maximum Gasteiger partial charge on any atom is 0.418 e. The molecule has 1 aliphatic rings. The highest BCUT2D eigenvalue weighted by molar-refractivity contribution is 5.77. The molecule has 1 saturated heterocycles. The molecule has 1 aromatic rings. The van der Waals surface area contributed by atoms with Crippen LogP contribution in [0.3, 0.4) is 0 Å². The molecule has 1 unspecified atom stereocenters. The number of piperidine rings is 1. The monoisotopic (exact) mass is 316 g/mol. The van der Waals surface area contributed by atoms with Crippen molar-refractivity contribution in [2.45, 2.75) is 31.2 Å². The van der Waals surface area contributed by atoms with E-state index in [0.717, 1.165) is 25.9 Å². The number of amides is 1. The second kappa shape index (κ2) is 7.60. The number of alkyl halides is 3. The van der Waals surface area contributed by atoms with Crippen molar-refractivity contribution in [3.05, 3.63) is 35.9 Å². The molecule has 0 aromatic heterocycles. The lowest BCUT2D eigenvalue weighted by Crippen LogP contribution is -2.44. The molecule has 0 bridgehead atoms. The lowest BCUT2D eigenvalue weighted by atomic mass is 10.1. The van der Waals surface area contributed by atoms with Crippen LogP contribution >= 0.6 is 0 Å². The van der Waals surface area contributed by atoms with Crippen LogP contribution in [0.5, 0.6) is 0 Å². The molecule has 1 aliphatic heterocycles. The summed E-state index contributed by atoms with van der Waals surface area (Å²) in [6.07, 6.45) is -5.11. The Balaban J connectivity index is 1.89. The summed E-state index contributed by atoms with van der Waals surface area (Å²) >= 11 is 0. The first-order valence-electron chi connectivity index (χ1n) is 7.20. The summed E-state index contributed by atoms with van der Waals surface area (Å²) in [6, 6.07) is 7.31. The van der Waals surface area contributed by atoms with Crippen molar-refractivity contribution >= 4 is 5.91 Å². The Bertz CT molecular complexity index is 473. The van der Waals surface area contributed by atoms with E-state index in [-0.39, 0.29) is 11.6 Å². The molecule has 122 valence electrons. The van der Waals surface area contributed by atoms with Gasteiger partial charge < -0.3 is 15.4 Å². The van der Waals surface area contributed by atoms with Crippen molar-refractivity contribution in [1.82, 2.24) is 10.6 Å². The second-order valence-corrected chi connectivity index (χ2v) is 5.24. The van der Waals surface area contributed by atoms with Crippen molar-refractivity contribution in [2.75, 3.05) is 19.7 Å². The Labute approximate surface area is 127 Å². The Morgan fingerprint density at radius 3 is 2.50 bits per heavy atom. The van der Waals surface area contributed by atoms with Gasteiger partial charge in [0.1, 0.15) is 6.61 Å². The number of carbonyl (C=O) groups is 1. The topological polar surface area (TPSA) is 50.4 Å². The molecular formula is C15H19F3N2O2. The number of hydrogen-bond donors (Lipinski definition) is 2. The first kappa shape index (κ1) is 16.8. The van der Waals surface area contributed by atoms with Crippen LogP contribution in [-0.2, 0) is 9.53 Å². The fourth-order valence-electron chi connectivity index (χ4n) is 2.40. The van der Waals surface area contributed by atoms with Gasteiger partial charge in [-0.3, -0.25) is 4.79 Å². The molecule has 7 heteroatoms. The molecule has 1 atom stereocenters. The van der Waals surface area contributed by atoms with E-state index in [0.29, 0.717) is 0 Å². The lowest BCUT2D eigenvalue weighted by molar-refractivity contribution is -0.223. The summed E-state index contributed by atoms with van der Waals surface area (Å²) < 4.78 is 44.0. The van der Waals surface area contributed by atoms with E-state index in [4.69, 9.17) is 4.74 Å². The second-order valence-electron chi connectivity index (χ2n) is 5.24. The van der Waals surface area contributed by atoms with Crippen LogP contribution in [0.2, 0.25) is 0 Å². The minimum atomic E-state index is -4.56. The van der Waals surface area contributed by atoms with Crippen LogP contribution in [0.25, 0.3) is 0 Å².